The maximum Gasteiger partial charge on any atom is 0.407 e. The Labute approximate surface area is 196 Å². The number of nitrogens with one attached hydrogen (secondary N) is 1. The Kier molecular flexibility index (Phi) is 7.47. The van der Waals surface area contributed by atoms with Crippen molar-refractivity contribution < 1.29 is 27.8 Å². The second-order valence-electron chi connectivity index (χ2n) is 8.87. The van der Waals surface area contributed by atoms with Crippen LogP contribution in [0.4, 0.5) is 13.6 Å². The van der Waals surface area contributed by atoms with Crippen LogP contribution >= 0.6 is 11.6 Å². The minimum atomic E-state index is -2.79. The van der Waals surface area contributed by atoms with Gasteiger partial charge in [-0.2, -0.15) is 0 Å². The van der Waals surface area contributed by atoms with Gasteiger partial charge in [-0.25, -0.2) is 13.6 Å². The first-order chi connectivity index (χ1) is 15.4. The van der Waals surface area contributed by atoms with E-state index in [9.17, 15) is 18.4 Å². The van der Waals surface area contributed by atoms with Crippen LogP contribution in [0.2, 0.25) is 5.02 Å². The highest BCUT2D eigenvalue weighted by molar-refractivity contribution is 6.32. The molecule has 1 heterocycles. The summed E-state index contributed by atoms with van der Waals surface area (Å²) in [5.41, 5.74) is 1.47. The van der Waals surface area contributed by atoms with Crippen LogP contribution in [0.15, 0.2) is 42.5 Å². The molecule has 1 N–H and O–H groups in total. The van der Waals surface area contributed by atoms with Gasteiger partial charge in [-0.3, -0.25) is 4.79 Å². The maximum atomic E-state index is 13.0. The Morgan fingerprint density at radius 1 is 1.09 bits per heavy atom. The van der Waals surface area contributed by atoms with Crippen LogP contribution in [0.3, 0.4) is 0 Å². The monoisotopic (exact) mass is 480 g/mol. The Bertz CT molecular complexity index is 999. The number of alkyl halides is 2. The van der Waals surface area contributed by atoms with Gasteiger partial charge in [0.25, 0.3) is 11.8 Å². The minimum Gasteiger partial charge on any atom is -0.492 e. The lowest BCUT2D eigenvalue weighted by Crippen LogP contribution is -2.58. The molecular weight excluding hydrogens is 454 g/mol. The van der Waals surface area contributed by atoms with E-state index >= 15 is 0 Å². The minimum absolute atomic E-state index is 0.361. The summed E-state index contributed by atoms with van der Waals surface area (Å²) in [5, 5.41) is 3.09. The van der Waals surface area contributed by atoms with Crippen LogP contribution in [0, 0.1) is 0 Å². The molecule has 0 spiro atoms. The molecule has 0 atom stereocenters. The van der Waals surface area contributed by atoms with E-state index in [2.05, 4.69) is 5.32 Å². The van der Waals surface area contributed by atoms with Crippen LogP contribution in [0.5, 0.6) is 5.75 Å². The van der Waals surface area contributed by atoms with Gasteiger partial charge in [0.15, 0.2) is 0 Å². The number of benzene rings is 2. The number of rotatable bonds is 7. The largest absolute Gasteiger partial charge is 0.492 e. The second kappa shape index (κ2) is 9.95. The molecule has 3 rings (SSSR count). The van der Waals surface area contributed by atoms with Gasteiger partial charge in [-0.05, 0) is 62.6 Å². The summed E-state index contributed by atoms with van der Waals surface area (Å²) in [6, 6.07) is 12.1. The molecule has 0 saturated carbocycles. The lowest BCUT2D eigenvalue weighted by Gasteiger charge is -2.38. The van der Waals surface area contributed by atoms with E-state index < -0.39 is 36.6 Å². The van der Waals surface area contributed by atoms with E-state index in [4.69, 9.17) is 21.1 Å². The molecular formula is C24H27ClF2N2O4. The van der Waals surface area contributed by atoms with Gasteiger partial charge in [0, 0.05) is 12.1 Å². The average molecular weight is 481 g/mol. The van der Waals surface area contributed by atoms with E-state index in [-0.39, 0.29) is 0 Å². The number of nitrogens with zero attached hydrogens (tertiary/aromatic N) is 1. The maximum absolute atomic E-state index is 13.0. The highest BCUT2D eigenvalue weighted by Crippen LogP contribution is 2.32. The fraction of sp³-hybridized carbons (Fsp3) is 0.417. The summed E-state index contributed by atoms with van der Waals surface area (Å²) in [5.74, 6) is -2.68. The molecule has 1 saturated heterocycles. The Morgan fingerprint density at radius 3 is 2.30 bits per heavy atom. The molecule has 2 amide bonds. The summed E-state index contributed by atoms with van der Waals surface area (Å²) >= 11 is 6.35. The zero-order valence-corrected chi connectivity index (χ0v) is 19.5. The number of hydrogen-bond donors (Lipinski definition) is 1. The van der Waals surface area contributed by atoms with Crippen molar-refractivity contribution in [1.29, 1.82) is 0 Å². The number of amides is 2. The van der Waals surface area contributed by atoms with Gasteiger partial charge in [0.1, 0.15) is 11.4 Å². The fourth-order valence-corrected chi connectivity index (χ4v) is 3.44. The van der Waals surface area contributed by atoms with Crippen molar-refractivity contribution in [3.63, 3.8) is 0 Å². The van der Waals surface area contributed by atoms with Crippen molar-refractivity contribution in [2.45, 2.75) is 38.7 Å². The predicted octanol–water partition coefficient (Wildman–Crippen LogP) is 5.39. The molecule has 0 aromatic heterocycles. The number of likely N-dealkylation sites (tertiary alicyclic amines) is 1. The average Bonchev–Trinajstić information content (AvgIpc) is 2.71. The van der Waals surface area contributed by atoms with Crippen molar-refractivity contribution in [3.05, 3.63) is 53.1 Å². The number of ether oxygens (including phenoxy) is 2. The molecule has 2 aromatic carbocycles. The van der Waals surface area contributed by atoms with Gasteiger partial charge in [-0.15, -0.1) is 0 Å². The van der Waals surface area contributed by atoms with Crippen LogP contribution in [-0.2, 0) is 4.74 Å². The second-order valence-corrected chi connectivity index (χ2v) is 9.28. The van der Waals surface area contributed by atoms with E-state index in [0.29, 0.717) is 35.9 Å². The highest BCUT2D eigenvalue weighted by atomic mass is 35.5. The van der Waals surface area contributed by atoms with E-state index in [1.807, 2.05) is 6.07 Å². The molecule has 9 heteroatoms. The summed E-state index contributed by atoms with van der Waals surface area (Å²) in [6.07, 6.45) is 0.107. The van der Waals surface area contributed by atoms with Gasteiger partial charge in [-0.1, -0.05) is 29.8 Å². The first-order valence-electron chi connectivity index (χ1n) is 10.6. The third-order valence-electron chi connectivity index (χ3n) is 4.78. The van der Waals surface area contributed by atoms with Gasteiger partial charge in [0.05, 0.1) is 24.7 Å². The highest BCUT2D eigenvalue weighted by Gasteiger charge is 2.46. The molecule has 0 unspecified atom stereocenters. The molecule has 1 aliphatic heterocycles. The lowest BCUT2D eigenvalue weighted by molar-refractivity contribution is -0.113. The normalized spacial score (nSPS) is 14.9. The third-order valence-corrected chi connectivity index (χ3v) is 5.07. The standard InChI is InChI=1S/C24H27ClF2N2O4/c1-23(2,3)33-22(31)28-11-4-12-32-20-10-9-18(13-19(20)25)16-5-7-17(8-6-16)21(30)29-14-24(26,27)15-29/h5-10,13H,4,11-12,14-15H2,1-3H3,(H,28,31). The van der Waals surface area contributed by atoms with E-state index in [1.54, 1.807) is 57.2 Å². The van der Waals surface area contributed by atoms with Crippen LogP contribution < -0.4 is 10.1 Å². The first-order valence-corrected chi connectivity index (χ1v) is 11.0. The predicted molar refractivity (Wildman–Crippen MR) is 122 cm³/mol. The zero-order chi connectivity index (χ0) is 24.2. The van der Waals surface area contributed by atoms with Crippen molar-refractivity contribution in [2.75, 3.05) is 26.2 Å². The van der Waals surface area contributed by atoms with Crippen molar-refractivity contribution >= 4 is 23.6 Å². The molecule has 178 valence electrons. The molecule has 2 aromatic rings. The smallest absolute Gasteiger partial charge is 0.407 e. The van der Waals surface area contributed by atoms with E-state index in [1.165, 1.54) is 0 Å². The quantitative estimate of drug-likeness (QED) is 0.539. The van der Waals surface area contributed by atoms with Crippen molar-refractivity contribution in [2.24, 2.45) is 0 Å². The summed E-state index contributed by atoms with van der Waals surface area (Å²) < 4.78 is 36.8. The number of carbonyl (C=O) groups is 2. The van der Waals surface area contributed by atoms with Gasteiger partial charge < -0.3 is 19.7 Å². The molecule has 1 aliphatic rings. The van der Waals surface area contributed by atoms with Crippen LogP contribution in [0.1, 0.15) is 37.6 Å². The Hall–Kier alpha value is -2.87. The molecule has 0 radical (unpaired) electrons. The lowest BCUT2D eigenvalue weighted by atomic mass is 10.0. The van der Waals surface area contributed by atoms with Crippen LogP contribution in [0.25, 0.3) is 11.1 Å². The summed E-state index contributed by atoms with van der Waals surface area (Å²) in [7, 11) is 0. The molecule has 0 aliphatic carbocycles. The molecule has 33 heavy (non-hydrogen) atoms. The molecule has 1 fully saturated rings. The topological polar surface area (TPSA) is 67.9 Å². The van der Waals surface area contributed by atoms with Crippen molar-refractivity contribution in [1.82, 2.24) is 10.2 Å². The number of alkyl carbamates (subject to hydrolysis) is 1. The summed E-state index contributed by atoms with van der Waals surface area (Å²) in [4.78, 5) is 25.0. The number of hydrogen-bond acceptors (Lipinski definition) is 4. The first kappa shape index (κ1) is 24.8. The number of carbonyl (C=O) groups excluding carboxylic acids is 2. The summed E-state index contributed by atoms with van der Waals surface area (Å²) in [6.45, 7) is 5.08. The Morgan fingerprint density at radius 2 is 1.73 bits per heavy atom. The van der Waals surface area contributed by atoms with Gasteiger partial charge >= 0.3 is 6.09 Å². The van der Waals surface area contributed by atoms with Crippen LogP contribution in [-0.4, -0.2) is 54.7 Å². The van der Waals surface area contributed by atoms with E-state index in [0.717, 1.165) is 16.0 Å². The molecule has 6 nitrogen and oxygen atoms in total. The fourth-order valence-electron chi connectivity index (χ4n) is 3.20. The Balaban J connectivity index is 1.49. The van der Waals surface area contributed by atoms with Crippen molar-refractivity contribution in [3.8, 4) is 16.9 Å². The SMILES string of the molecule is CC(C)(C)OC(=O)NCCCOc1ccc(-c2ccc(C(=O)N3CC(F)(F)C3)cc2)cc1Cl. The zero-order valence-electron chi connectivity index (χ0n) is 18.8. The number of halogens is 3. The molecule has 0 bridgehead atoms. The van der Waals surface area contributed by atoms with Gasteiger partial charge in [0.2, 0.25) is 0 Å². The third kappa shape index (κ3) is 7.05.